The van der Waals surface area contributed by atoms with Crippen molar-refractivity contribution in [2.45, 2.75) is 32.4 Å². The number of halogens is 1. The molecule has 0 bridgehead atoms. The summed E-state index contributed by atoms with van der Waals surface area (Å²) < 4.78 is 19.8. The van der Waals surface area contributed by atoms with E-state index in [0.29, 0.717) is 25.3 Å². The van der Waals surface area contributed by atoms with Gasteiger partial charge in [0.2, 0.25) is 5.91 Å². The second-order valence-corrected chi connectivity index (χ2v) is 8.01. The average molecular weight is 412 g/mol. The molecule has 0 atom stereocenters. The minimum Gasteiger partial charge on any atom is -0.492 e. The van der Waals surface area contributed by atoms with Gasteiger partial charge in [0.15, 0.2) is 0 Å². The minimum atomic E-state index is -0.238. The molecule has 5 nitrogen and oxygen atoms in total. The van der Waals surface area contributed by atoms with Crippen molar-refractivity contribution in [3.05, 3.63) is 59.9 Å². The van der Waals surface area contributed by atoms with Crippen molar-refractivity contribution in [1.29, 1.82) is 0 Å². The number of para-hydroxylation sites is 2. The van der Waals surface area contributed by atoms with Gasteiger partial charge in [-0.1, -0.05) is 30.3 Å². The predicted molar refractivity (Wildman–Crippen MR) is 116 cm³/mol. The summed E-state index contributed by atoms with van der Waals surface area (Å²) in [5.74, 6) is 0.774. The van der Waals surface area contributed by atoms with Crippen LogP contribution < -0.4 is 9.64 Å². The van der Waals surface area contributed by atoms with Gasteiger partial charge < -0.3 is 14.5 Å². The first-order chi connectivity index (χ1) is 14.7. The number of carbonyl (C=O) groups excluding carboxylic acids is 1. The van der Waals surface area contributed by atoms with Crippen LogP contribution in [0.4, 0.5) is 10.1 Å². The molecular weight excluding hydrogens is 381 g/mol. The smallest absolute Gasteiger partial charge is 0.237 e. The molecule has 2 fully saturated rings. The summed E-state index contributed by atoms with van der Waals surface area (Å²) in [6.07, 6.45) is 2.03. The average Bonchev–Trinajstić information content (AvgIpc) is 3.59. The molecule has 0 N–H and O–H groups in total. The number of carbonyl (C=O) groups is 1. The molecule has 0 unspecified atom stereocenters. The van der Waals surface area contributed by atoms with Gasteiger partial charge in [-0.2, -0.15) is 0 Å². The summed E-state index contributed by atoms with van der Waals surface area (Å²) in [4.78, 5) is 19.4. The van der Waals surface area contributed by atoms with E-state index in [-0.39, 0.29) is 17.8 Å². The maximum atomic E-state index is 14.1. The van der Waals surface area contributed by atoms with Gasteiger partial charge in [-0.15, -0.1) is 0 Å². The zero-order chi connectivity index (χ0) is 20.9. The zero-order valence-corrected chi connectivity index (χ0v) is 17.6. The van der Waals surface area contributed by atoms with Crippen LogP contribution in [0.5, 0.6) is 5.75 Å². The first kappa shape index (κ1) is 20.7. The number of ether oxygens (including phenoxy) is 1. The number of hydrogen-bond donors (Lipinski definition) is 0. The van der Waals surface area contributed by atoms with E-state index in [1.54, 1.807) is 12.1 Å². The lowest BCUT2D eigenvalue weighted by atomic mass is 10.2. The van der Waals surface area contributed by atoms with E-state index in [1.165, 1.54) is 6.07 Å². The van der Waals surface area contributed by atoms with Gasteiger partial charge in [0, 0.05) is 44.3 Å². The van der Waals surface area contributed by atoms with Crippen LogP contribution in [0.2, 0.25) is 0 Å². The standard InChI is InChI=1S/C24H30FN3O2/c1-2-30-23-10-6-5-9-22(23)27-15-13-26(14-16-27)18-24(29)28(20-11-12-20)17-19-7-3-4-8-21(19)25/h3-10,20H,2,11-18H2,1H3. The number of anilines is 1. The monoisotopic (exact) mass is 411 g/mol. The first-order valence-corrected chi connectivity index (χ1v) is 10.9. The molecular formula is C24H30FN3O2. The maximum Gasteiger partial charge on any atom is 0.237 e. The van der Waals surface area contributed by atoms with Crippen LogP contribution in [-0.4, -0.2) is 61.1 Å². The molecule has 160 valence electrons. The van der Waals surface area contributed by atoms with E-state index in [9.17, 15) is 9.18 Å². The van der Waals surface area contributed by atoms with Gasteiger partial charge in [-0.05, 0) is 38.0 Å². The lowest BCUT2D eigenvalue weighted by molar-refractivity contribution is -0.133. The van der Waals surface area contributed by atoms with Gasteiger partial charge in [0.1, 0.15) is 11.6 Å². The molecule has 0 radical (unpaired) electrons. The predicted octanol–water partition coefficient (Wildman–Crippen LogP) is 3.54. The van der Waals surface area contributed by atoms with E-state index in [2.05, 4.69) is 15.9 Å². The summed E-state index contributed by atoms with van der Waals surface area (Å²) in [6, 6.07) is 15.1. The summed E-state index contributed by atoms with van der Waals surface area (Å²) >= 11 is 0. The molecule has 1 heterocycles. The van der Waals surface area contributed by atoms with Crippen molar-refractivity contribution >= 4 is 11.6 Å². The Morgan fingerprint density at radius 3 is 2.47 bits per heavy atom. The van der Waals surface area contributed by atoms with Crippen molar-refractivity contribution in [2.24, 2.45) is 0 Å². The number of amides is 1. The Bertz CT molecular complexity index is 863. The van der Waals surface area contributed by atoms with Crippen LogP contribution in [0.25, 0.3) is 0 Å². The van der Waals surface area contributed by atoms with Gasteiger partial charge in [0.25, 0.3) is 0 Å². The van der Waals surface area contributed by atoms with Crippen molar-refractivity contribution in [3.8, 4) is 5.75 Å². The zero-order valence-electron chi connectivity index (χ0n) is 17.6. The summed E-state index contributed by atoms with van der Waals surface area (Å²) in [5, 5.41) is 0. The summed E-state index contributed by atoms with van der Waals surface area (Å²) in [6.45, 7) is 6.75. The van der Waals surface area contributed by atoms with Crippen molar-refractivity contribution < 1.29 is 13.9 Å². The van der Waals surface area contributed by atoms with E-state index in [0.717, 1.165) is 50.5 Å². The fraction of sp³-hybridized carbons (Fsp3) is 0.458. The first-order valence-electron chi connectivity index (χ1n) is 10.9. The van der Waals surface area contributed by atoms with E-state index in [1.807, 2.05) is 36.1 Å². The quantitative estimate of drug-likeness (QED) is 0.666. The van der Waals surface area contributed by atoms with Crippen LogP contribution in [0.15, 0.2) is 48.5 Å². The molecule has 1 amide bonds. The van der Waals surface area contributed by atoms with E-state index >= 15 is 0 Å². The highest BCUT2D eigenvalue weighted by Gasteiger charge is 2.34. The topological polar surface area (TPSA) is 36.0 Å². The Kier molecular flexibility index (Phi) is 6.53. The van der Waals surface area contributed by atoms with E-state index < -0.39 is 0 Å². The van der Waals surface area contributed by atoms with Gasteiger partial charge in [0.05, 0.1) is 18.8 Å². The summed E-state index contributed by atoms with van der Waals surface area (Å²) in [5.41, 5.74) is 1.71. The summed E-state index contributed by atoms with van der Waals surface area (Å²) in [7, 11) is 0. The number of piperazine rings is 1. The molecule has 0 aromatic heterocycles. The molecule has 1 saturated heterocycles. The van der Waals surface area contributed by atoms with Gasteiger partial charge >= 0.3 is 0 Å². The maximum absolute atomic E-state index is 14.1. The van der Waals surface area contributed by atoms with Crippen molar-refractivity contribution in [1.82, 2.24) is 9.80 Å². The molecule has 4 rings (SSSR count). The van der Waals surface area contributed by atoms with Crippen molar-refractivity contribution in [2.75, 3.05) is 44.2 Å². The molecule has 1 aliphatic heterocycles. The Balaban J connectivity index is 1.34. The lowest BCUT2D eigenvalue weighted by Gasteiger charge is -2.37. The van der Waals surface area contributed by atoms with E-state index in [4.69, 9.17) is 4.74 Å². The second kappa shape index (κ2) is 9.47. The normalized spacial score (nSPS) is 17.1. The minimum absolute atomic E-state index is 0.101. The van der Waals surface area contributed by atoms with Gasteiger partial charge in [-0.3, -0.25) is 9.69 Å². The molecule has 2 aromatic carbocycles. The second-order valence-electron chi connectivity index (χ2n) is 8.01. The molecule has 0 spiro atoms. The van der Waals surface area contributed by atoms with Gasteiger partial charge in [-0.25, -0.2) is 4.39 Å². The third-order valence-electron chi connectivity index (χ3n) is 5.84. The highest BCUT2D eigenvalue weighted by atomic mass is 19.1. The molecule has 1 aliphatic carbocycles. The SMILES string of the molecule is CCOc1ccccc1N1CCN(CC(=O)N(Cc2ccccc2F)C2CC2)CC1. The third-order valence-corrected chi connectivity index (χ3v) is 5.84. The Labute approximate surface area is 178 Å². The molecule has 2 aliphatic rings. The molecule has 30 heavy (non-hydrogen) atoms. The Morgan fingerprint density at radius 1 is 1.07 bits per heavy atom. The van der Waals surface area contributed by atoms with Crippen LogP contribution >= 0.6 is 0 Å². The lowest BCUT2D eigenvalue weighted by Crippen LogP contribution is -2.50. The Morgan fingerprint density at radius 2 is 1.77 bits per heavy atom. The van der Waals surface area contributed by atoms with Crippen LogP contribution in [0, 0.1) is 5.82 Å². The third kappa shape index (κ3) is 4.93. The molecule has 1 saturated carbocycles. The highest BCUT2D eigenvalue weighted by molar-refractivity contribution is 5.79. The largest absolute Gasteiger partial charge is 0.492 e. The fourth-order valence-corrected chi connectivity index (χ4v) is 4.04. The number of nitrogens with zero attached hydrogens (tertiary/aromatic N) is 3. The van der Waals surface area contributed by atoms with Crippen molar-refractivity contribution in [3.63, 3.8) is 0 Å². The highest BCUT2D eigenvalue weighted by Crippen LogP contribution is 2.30. The number of hydrogen-bond acceptors (Lipinski definition) is 4. The van der Waals surface area contributed by atoms with Crippen LogP contribution in [0.3, 0.4) is 0 Å². The number of rotatable bonds is 8. The Hall–Kier alpha value is -2.60. The molecule has 6 heteroatoms. The molecule has 2 aromatic rings. The number of benzene rings is 2. The van der Waals surface area contributed by atoms with Crippen LogP contribution in [-0.2, 0) is 11.3 Å². The fourth-order valence-electron chi connectivity index (χ4n) is 4.04. The van der Waals surface area contributed by atoms with Crippen LogP contribution in [0.1, 0.15) is 25.3 Å².